The van der Waals surface area contributed by atoms with E-state index < -0.39 is 10.7 Å². The molecule has 0 bridgehead atoms. The minimum absolute atomic E-state index is 0.0565. The van der Waals surface area contributed by atoms with Crippen LogP contribution in [0.3, 0.4) is 0 Å². The third-order valence-corrected chi connectivity index (χ3v) is 2.20. The minimum Gasteiger partial charge on any atom is -0.433 e. The lowest BCUT2D eigenvalue weighted by Gasteiger charge is -1.88. The van der Waals surface area contributed by atoms with Crippen LogP contribution in [0.5, 0.6) is 0 Å². The molecule has 0 N–H and O–H groups in total. The molecule has 2 rings (SSSR count). The van der Waals surface area contributed by atoms with Crippen molar-refractivity contribution in [3.8, 4) is 0 Å². The van der Waals surface area contributed by atoms with Crippen LogP contribution in [0, 0.1) is 10.1 Å². The van der Waals surface area contributed by atoms with Crippen molar-refractivity contribution in [3.63, 3.8) is 0 Å². The molecule has 0 atom stereocenters. The molecule has 6 nitrogen and oxygen atoms in total. The van der Waals surface area contributed by atoms with Gasteiger partial charge in [-0.15, -0.1) is 11.6 Å². The number of nitro benzene ring substituents is 1. The van der Waals surface area contributed by atoms with Crippen molar-refractivity contribution in [2.75, 3.05) is 5.88 Å². The van der Waals surface area contributed by atoms with Crippen molar-refractivity contribution in [3.05, 3.63) is 34.2 Å². The summed E-state index contributed by atoms with van der Waals surface area (Å²) in [4.78, 5) is 25.1. The molecule has 0 unspecified atom stereocenters. The van der Waals surface area contributed by atoms with Crippen molar-refractivity contribution in [2.45, 2.75) is 0 Å². The maximum absolute atomic E-state index is 11.2. The van der Waals surface area contributed by atoms with Gasteiger partial charge in [-0.3, -0.25) is 14.9 Å². The lowest BCUT2D eigenvalue weighted by molar-refractivity contribution is -0.383. The smallest absolute Gasteiger partial charge is 0.298 e. The highest BCUT2D eigenvalue weighted by atomic mass is 35.5. The van der Waals surface area contributed by atoms with Crippen LogP contribution >= 0.6 is 11.6 Å². The summed E-state index contributed by atoms with van der Waals surface area (Å²) in [5, 5.41) is 10.7. The number of ketones is 1. The second kappa shape index (κ2) is 3.90. The van der Waals surface area contributed by atoms with Crippen LogP contribution in [0.25, 0.3) is 11.1 Å². The van der Waals surface area contributed by atoms with Gasteiger partial charge in [-0.1, -0.05) is 6.07 Å². The molecule has 2 aromatic rings. The average molecular weight is 241 g/mol. The molecule has 1 aromatic heterocycles. The number of alkyl halides is 1. The number of oxazole rings is 1. The number of hydrogen-bond donors (Lipinski definition) is 0. The van der Waals surface area contributed by atoms with Gasteiger partial charge in [-0.25, -0.2) is 0 Å². The van der Waals surface area contributed by atoms with E-state index in [1.807, 2.05) is 0 Å². The van der Waals surface area contributed by atoms with Crippen molar-refractivity contribution in [1.82, 2.24) is 4.98 Å². The number of nitro groups is 1. The molecule has 0 amide bonds. The van der Waals surface area contributed by atoms with E-state index >= 15 is 0 Å². The Morgan fingerprint density at radius 2 is 2.31 bits per heavy atom. The van der Waals surface area contributed by atoms with Crippen molar-refractivity contribution in [1.29, 1.82) is 0 Å². The van der Waals surface area contributed by atoms with E-state index in [0.29, 0.717) is 0 Å². The van der Waals surface area contributed by atoms with Crippen LogP contribution in [-0.2, 0) is 0 Å². The molecule has 0 aliphatic carbocycles. The van der Waals surface area contributed by atoms with E-state index in [9.17, 15) is 14.9 Å². The number of non-ortho nitro benzene ring substituents is 1. The second-order valence-corrected chi connectivity index (χ2v) is 3.22. The third kappa shape index (κ3) is 1.63. The van der Waals surface area contributed by atoms with E-state index in [-0.39, 0.29) is 28.6 Å². The Kier molecular flexibility index (Phi) is 2.57. The largest absolute Gasteiger partial charge is 0.433 e. The molecule has 0 fully saturated rings. The van der Waals surface area contributed by atoms with Gasteiger partial charge in [-0.05, 0) is 6.07 Å². The zero-order chi connectivity index (χ0) is 11.7. The summed E-state index contributed by atoms with van der Waals surface area (Å²) in [5.41, 5.74) is 0.0542. The van der Waals surface area contributed by atoms with Gasteiger partial charge in [0.1, 0.15) is 0 Å². The fraction of sp³-hybridized carbons (Fsp3) is 0.111. The summed E-state index contributed by atoms with van der Waals surface area (Å²) < 4.78 is 5.06. The summed E-state index contributed by atoms with van der Waals surface area (Å²) in [6.45, 7) is 0. The molecular weight excluding hydrogens is 236 g/mol. The van der Waals surface area contributed by atoms with Gasteiger partial charge in [0, 0.05) is 6.07 Å². The Bertz CT molecular complexity index is 578. The maximum Gasteiger partial charge on any atom is 0.298 e. The number of nitrogens with zero attached hydrogens (tertiary/aromatic N) is 2. The first-order chi connectivity index (χ1) is 7.63. The molecule has 7 heteroatoms. The summed E-state index contributed by atoms with van der Waals surface area (Å²) in [5.74, 6) is -0.993. The number of aromatic nitrogens is 1. The minimum atomic E-state index is -0.584. The van der Waals surface area contributed by atoms with Crippen molar-refractivity contribution in [2.24, 2.45) is 0 Å². The van der Waals surface area contributed by atoms with Crippen LogP contribution in [-0.4, -0.2) is 21.6 Å². The lowest BCUT2D eigenvalue weighted by Crippen LogP contribution is -1.99. The standard InChI is InChI=1S/C9H5ClN2O4/c10-4-6(13)9-11-8-5(12(14)15)2-1-3-7(8)16-9/h1-3H,4H2. The monoisotopic (exact) mass is 240 g/mol. The first kappa shape index (κ1) is 10.6. The van der Waals surface area contributed by atoms with E-state index in [1.165, 1.54) is 18.2 Å². The van der Waals surface area contributed by atoms with Gasteiger partial charge in [-0.2, -0.15) is 4.98 Å². The Morgan fingerprint density at radius 1 is 1.56 bits per heavy atom. The van der Waals surface area contributed by atoms with Crippen LogP contribution in [0.2, 0.25) is 0 Å². The molecule has 1 aromatic carbocycles. The fourth-order valence-electron chi connectivity index (χ4n) is 1.26. The predicted molar refractivity (Wildman–Crippen MR) is 55.7 cm³/mol. The topological polar surface area (TPSA) is 86.2 Å². The number of halogens is 1. The highest BCUT2D eigenvalue weighted by Gasteiger charge is 2.20. The normalized spacial score (nSPS) is 10.6. The lowest BCUT2D eigenvalue weighted by atomic mass is 10.3. The highest BCUT2D eigenvalue weighted by Crippen LogP contribution is 2.25. The van der Waals surface area contributed by atoms with Crippen molar-refractivity contribution < 1.29 is 14.1 Å². The summed E-state index contributed by atoms with van der Waals surface area (Å²) in [7, 11) is 0. The zero-order valence-corrected chi connectivity index (χ0v) is 8.60. The SMILES string of the molecule is O=C(CCl)c1nc2c([N+](=O)[O-])cccc2o1. The van der Waals surface area contributed by atoms with E-state index in [0.717, 1.165) is 0 Å². The fourth-order valence-corrected chi connectivity index (χ4v) is 1.37. The van der Waals surface area contributed by atoms with Gasteiger partial charge < -0.3 is 4.42 Å². The molecule has 82 valence electrons. The Balaban J connectivity index is 2.65. The number of rotatable bonds is 3. The van der Waals surface area contributed by atoms with Crippen molar-refractivity contribution >= 4 is 34.2 Å². The van der Waals surface area contributed by atoms with Crippen LogP contribution in [0.15, 0.2) is 22.6 Å². The summed E-state index contributed by atoms with van der Waals surface area (Å²) >= 11 is 5.33. The van der Waals surface area contributed by atoms with Gasteiger partial charge in [0.05, 0.1) is 10.8 Å². The molecule has 0 aliphatic heterocycles. The van der Waals surface area contributed by atoms with E-state index in [4.69, 9.17) is 16.0 Å². The maximum atomic E-state index is 11.2. The van der Waals surface area contributed by atoms with Crippen LogP contribution < -0.4 is 0 Å². The number of carbonyl (C=O) groups excluding carboxylic acids is 1. The Hall–Kier alpha value is -1.95. The first-order valence-corrected chi connectivity index (χ1v) is 4.80. The molecule has 0 radical (unpaired) electrons. The number of Topliss-reactive ketones (excluding diaryl/α,β-unsaturated/α-hetero) is 1. The second-order valence-electron chi connectivity index (χ2n) is 2.96. The predicted octanol–water partition coefficient (Wildman–Crippen LogP) is 2.16. The van der Waals surface area contributed by atoms with Gasteiger partial charge in [0.15, 0.2) is 11.1 Å². The number of fused-ring (bicyclic) bond motifs is 1. The molecule has 0 spiro atoms. The first-order valence-electron chi connectivity index (χ1n) is 4.26. The molecule has 0 saturated heterocycles. The summed E-state index contributed by atoms with van der Waals surface area (Å²) in [6, 6.07) is 4.25. The Morgan fingerprint density at radius 3 is 2.94 bits per heavy atom. The average Bonchev–Trinajstić information content (AvgIpc) is 2.70. The quantitative estimate of drug-likeness (QED) is 0.355. The number of benzene rings is 1. The van der Waals surface area contributed by atoms with Gasteiger partial charge in [0.25, 0.3) is 11.6 Å². The van der Waals surface area contributed by atoms with E-state index in [2.05, 4.69) is 4.98 Å². The number of hydrogen-bond acceptors (Lipinski definition) is 5. The van der Waals surface area contributed by atoms with Gasteiger partial charge in [0.2, 0.25) is 5.78 Å². The molecule has 0 saturated carbocycles. The molecule has 16 heavy (non-hydrogen) atoms. The highest BCUT2D eigenvalue weighted by molar-refractivity contribution is 6.29. The van der Waals surface area contributed by atoms with Crippen LogP contribution in [0.4, 0.5) is 5.69 Å². The van der Waals surface area contributed by atoms with E-state index in [1.54, 1.807) is 0 Å². The number of para-hydroxylation sites is 1. The Labute approximate surface area is 94.0 Å². The zero-order valence-electron chi connectivity index (χ0n) is 7.84. The summed E-state index contributed by atoms with van der Waals surface area (Å²) in [6.07, 6.45) is 0. The molecule has 0 aliphatic rings. The molecule has 1 heterocycles. The molecular formula is C9H5ClN2O4. The third-order valence-electron chi connectivity index (χ3n) is 1.95. The van der Waals surface area contributed by atoms with Gasteiger partial charge >= 0.3 is 0 Å². The van der Waals surface area contributed by atoms with Crippen LogP contribution in [0.1, 0.15) is 10.7 Å². The number of carbonyl (C=O) groups is 1.